The van der Waals surface area contributed by atoms with Crippen LogP contribution in [-0.4, -0.2) is 49.5 Å². The van der Waals surface area contributed by atoms with Gasteiger partial charge in [-0.15, -0.1) is 0 Å². The summed E-state index contributed by atoms with van der Waals surface area (Å²) in [7, 11) is -3.18. The van der Waals surface area contributed by atoms with E-state index < -0.39 is 33.9 Å². The number of sulfone groups is 1. The van der Waals surface area contributed by atoms with Crippen molar-refractivity contribution in [3.05, 3.63) is 45.6 Å². The van der Waals surface area contributed by atoms with Crippen molar-refractivity contribution in [1.29, 1.82) is 0 Å². The van der Waals surface area contributed by atoms with Gasteiger partial charge < -0.3 is 10.1 Å². The van der Waals surface area contributed by atoms with Gasteiger partial charge in [0.25, 0.3) is 0 Å². The Morgan fingerprint density at radius 1 is 1.37 bits per heavy atom. The van der Waals surface area contributed by atoms with E-state index in [1.807, 2.05) is 24.3 Å². The van der Waals surface area contributed by atoms with Crippen LogP contribution in [0.15, 0.2) is 40.0 Å². The van der Waals surface area contributed by atoms with Crippen molar-refractivity contribution >= 4 is 37.8 Å². The average molecular weight is 457 g/mol. The minimum atomic E-state index is -3.18. The molecule has 2 atom stereocenters. The summed E-state index contributed by atoms with van der Waals surface area (Å²) in [5, 5.41) is 2.85. The molecule has 7 nitrogen and oxygen atoms in total. The highest BCUT2D eigenvalue weighted by atomic mass is 79.9. The maximum atomic E-state index is 12.8. The standard InChI is InChI=1S/C18H21BrN2O5S/c1-3-26-17(22)15-11(2)21(12-8-9-27(24,25)10-12)18(23)20-16(15)13-6-4-5-7-14(13)19/h4-7,12,16H,3,8-10H2,1-2H3,(H,20,23)/t12-,16+/m0/s1. The Bertz CT molecular complexity index is 912. The van der Waals surface area contributed by atoms with Crippen LogP contribution in [0.3, 0.4) is 0 Å². The minimum Gasteiger partial charge on any atom is -0.463 e. The predicted octanol–water partition coefficient (Wildman–Crippen LogP) is 2.54. The number of amides is 2. The van der Waals surface area contributed by atoms with Gasteiger partial charge in [-0.2, -0.15) is 0 Å². The van der Waals surface area contributed by atoms with Gasteiger partial charge in [0.05, 0.1) is 35.8 Å². The lowest BCUT2D eigenvalue weighted by atomic mass is 9.94. The summed E-state index contributed by atoms with van der Waals surface area (Å²) in [5.41, 5.74) is 1.47. The van der Waals surface area contributed by atoms with Gasteiger partial charge in [0.2, 0.25) is 0 Å². The molecular weight excluding hydrogens is 436 g/mol. The summed E-state index contributed by atoms with van der Waals surface area (Å²) >= 11 is 3.46. The highest BCUT2D eigenvalue weighted by Crippen LogP contribution is 2.36. The second-order valence-corrected chi connectivity index (χ2v) is 9.63. The summed E-state index contributed by atoms with van der Waals surface area (Å²) in [5.74, 6) is -0.591. The van der Waals surface area contributed by atoms with Crippen LogP contribution in [0.5, 0.6) is 0 Å². The highest BCUT2D eigenvalue weighted by molar-refractivity contribution is 9.10. The number of nitrogens with one attached hydrogen (secondary N) is 1. The molecule has 0 bridgehead atoms. The first kappa shape index (κ1) is 19.9. The highest BCUT2D eigenvalue weighted by Gasteiger charge is 2.42. The predicted molar refractivity (Wildman–Crippen MR) is 104 cm³/mol. The molecule has 1 aromatic carbocycles. The van der Waals surface area contributed by atoms with Crippen molar-refractivity contribution in [1.82, 2.24) is 10.2 Å². The van der Waals surface area contributed by atoms with E-state index in [0.717, 1.165) is 10.0 Å². The van der Waals surface area contributed by atoms with E-state index in [2.05, 4.69) is 21.2 Å². The number of hydrogen-bond donors (Lipinski definition) is 1. The van der Waals surface area contributed by atoms with Gasteiger partial charge in [0.15, 0.2) is 9.84 Å². The largest absolute Gasteiger partial charge is 0.463 e. The number of esters is 1. The van der Waals surface area contributed by atoms with Crippen LogP contribution in [0.25, 0.3) is 0 Å². The van der Waals surface area contributed by atoms with Crippen LogP contribution in [0, 0.1) is 0 Å². The van der Waals surface area contributed by atoms with Crippen LogP contribution in [-0.2, 0) is 19.4 Å². The SMILES string of the molecule is CCOC(=O)C1=C(C)N([C@H]2CCS(=O)(=O)C2)C(=O)N[C@@H]1c1ccccc1Br. The number of carbonyl (C=O) groups is 2. The Hall–Kier alpha value is -1.87. The van der Waals surface area contributed by atoms with Crippen molar-refractivity contribution in [3.8, 4) is 0 Å². The fourth-order valence-electron chi connectivity index (χ4n) is 3.59. The first-order valence-electron chi connectivity index (χ1n) is 8.67. The lowest BCUT2D eigenvalue weighted by Crippen LogP contribution is -2.52. The molecule has 2 aliphatic heterocycles. The topological polar surface area (TPSA) is 92.8 Å². The number of nitrogens with zero attached hydrogens (tertiary/aromatic N) is 1. The summed E-state index contributed by atoms with van der Waals surface area (Å²) in [4.78, 5) is 26.9. The number of benzene rings is 1. The molecule has 9 heteroatoms. The van der Waals surface area contributed by atoms with Gasteiger partial charge in [-0.25, -0.2) is 18.0 Å². The fraction of sp³-hybridized carbons (Fsp3) is 0.444. The van der Waals surface area contributed by atoms with E-state index in [4.69, 9.17) is 4.74 Å². The molecule has 2 aliphatic rings. The molecule has 1 aromatic rings. The number of ether oxygens (including phenoxy) is 1. The van der Waals surface area contributed by atoms with E-state index in [9.17, 15) is 18.0 Å². The zero-order chi connectivity index (χ0) is 19.8. The Labute approximate surface area is 166 Å². The van der Waals surface area contributed by atoms with Crippen LogP contribution < -0.4 is 5.32 Å². The molecule has 1 fully saturated rings. The van der Waals surface area contributed by atoms with Crippen molar-refractivity contribution in [3.63, 3.8) is 0 Å². The molecule has 0 saturated carbocycles. The van der Waals surface area contributed by atoms with E-state index >= 15 is 0 Å². The van der Waals surface area contributed by atoms with Crippen LogP contribution in [0.1, 0.15) is 31.9 Å². The lowest BCUT2D eigenvalue weighted by molar-refractivity contribution is -0.139. The van der Waals surface area contributed by atoms with Crippen molar-refractivity contribution in [2.75, 3.05) is 18.1 Å². The van der Waals surface area contributed by atoms with E-state index in [1.165, 1.54) is 4.90 Å². The van der Waals surface area contributed by atoms with Gasteiger partial charge in [0.1, 0.15) is 0 Å². The molecule has 146 valence electrons. The lowest BCUT2D eigenvalue weighted by Gasteiger charge is -2.38. The van der Waals surface area contributed by atoms with Gasteiger partial charge >= 0.3 is 12.0 Å². The van der Waals surface area contributed by atoms with Crippen LogP contribution >= 0.6 is 15.9 Å². The van der Waals surface area contributed by atoms with Gasteiger partial charge in [-0.3, -0.25) is 4.90 Å². The Balaban J connectivity index is 2.08. The Morgan fingerprint density at radius 2 is 2.07 bits per heavy atom. The van der Waals surface area contributed by atoms with Crippen molar-refractivity contribution < 1.29 is 22.7 Å². The first-order chi connectivity index (χ1) is 12.7. The molecule has 2 heterocycles. The molecule has 0 radical (unpaired) electrons. The van der Waals surface area contributed by atoms with E-state index in [-0.39, 0.29) is 18.1 Å². The first-order valence-corrected chi connectivity index (χ1v) is 11.3. The van der Waals surface area contributed by atoms with Crippen molar-refractivity contribution in [2.45, 2.75) is 32.4 Å². The molecule has 1 N–H and O–H groups in total. The zero-order valence-electron chi connectivity index (χ0n) is 15.1. The molecule has 0 aliphatic carbocycles. The smallest absolute Gasteiger partial charge is 0.338 e. The Morgan fingerprint density at radius 3 is 2.67 bits per heavy atom. The minimum absolute atomic E-state index is 0.0388. The van der Waals surface area contributed by atoms with E-state index in [1.54, 1.807) is 13.8 Å². The number of carbonyl (C=O) groups excluding carboxylic acids is 2. The molecule has 2 amide bonds. The van der Waals surface area contributed by atoms with Crippen molar-refractivity contribution in [2.24, 2.45) is 0 Å². The normalized spacial score (nSPS) is 24.7. The molecule has 27 heavy (non-hydrogen) atoms. The summed E-state index contributed by atoms with van der Waals surface area (Å²) in [6, 6.07) is 5.73. The molecule has 1 saturated heterocycles. The van der Waals surface area contributed by atoms with Gasteiger partial charge in [0, 0.05) is 10.2 Å². The quantitative estimate of drug-likeness (QED) is 0.702. The number of hydrogen-bond acceptors (Lipinski definition) is 5. The zero-order valence-corrected chi connectivity index (χ0v) is 17.5. The average Bonchev–Trinajstić information content (AvgIpc) is 2.94. The maximum Gasteiger partial charge on any atom is 0.338 e. The van der Waals surface area contributed by atoms with Crippen LogP contribution in [0.4, 0.5) is 4.79 Å². The summed E-state index contributed by atoms with van der Waals surface area (Å²) in [6.07, 6.45) is 0.350. The molecule has 0 aromatic heterocycles. The van der Waals surface area contributed by atoms with E-state index in [0.29, 0.717) is 17.7 Å². The maximum absolute atomic E-state index is 12.8. The second kappa shape index (κ2) is 7.63. The molecule has 3 rings (SSSR count). The summed E-state index contributed by atoms with van der Waals surface area (Å²) < 4.78 is 29.7. The number of halogens is 1. The molecular formula is C18H21BrN2O5S. The Kier molecular flexibility index (Phi) is 5.62. The number of allylic oxidation sites excluding steroid dienone is 1. The third-order valence-electron chi connectivity index (χ3n) is 4.81. The molecule has 0 spiro atoms. The monoisotopic (exact) mass is 456 g/mol. The number of rotatable bonds is 4. The fourth-order valence-corrected chi connectivity index (χ4v) is 5.81. The van der Waals surface area contributed by atoms with Gasteiger partial charge in [-0.05, 0) is 31.9 Å². The molecule has 0 unspecified atom stereocenters. The second-order valence-electron chi connectivity index (χ2n) is 6.55. The van der Waals surface area contributed by atoms with Gasteiger partial charge in [-0.1, -0.05) is 34.1 Å². The number of urea groups is 1. The van der Waals surface area contributed by atoms with Crippen LogP contribution in [0.2, 0.25) is 0 Å². The summed E-state index contributed by atoms with van der Waals surface area (Å²) in [6.45, 7) is 3.58. The third-order valence-corrected chi connectivity index (χ3v) is 7.28. The third kappa shape index (κ3) is 3.89.